The molecule has 7 rings (SSSR count). The highest BCUT2D eigenvalue weighted by Gasteiger charge is 2.21. The molecule has 1 atom stereocenters. The number of rotatable bonds is 9. The number of hydrogen-bond donors (Lipinski definition) is 1. The molecule has 46 heavy (non-hydrogen) atoms. The normalized spacial score (nSPS) is 11.8. The minimum absolute atomic E-state index is 0.170. The quantitative estimate of drug-likeness (QED) is 0.195. The average molecular weight is 608 g/mol. The standard InChI is InChI=1S/C36H29N7O3/c1-23(40-33-32-29(17-10-18-37-32)41-36(42-33)46-22-24-11-5-3-6-12-24)30-19-25-13-9-16-28(26-20-38-35(45-2)39-21-26)31(25)34(44)43(30)27-14-7-4-8-15-27/h3-21,23H,22H2,1-2H3,(H,40,41,42). The van der Waals surface area contributed by atoms with Gasteiger partial charge in [0.2, 0.25) is 0 Å². The van der Waals surface area contributed by atoms with E-state index >= 15 is 0 Å². The number of anilines is 1. The van der Waals surface area contributed by atoms with Crippen LogP contribution in [0.5, 0.6) is 12.0 Å². The molecular weight excluding hydrogens is 578 g/mol. The Kier molecular flexibility index (Phi) is 7.74. The van der Waals surface area contributed by atoms with Gasteiger partial charge < -0.3 is 14.8 Å². The zero-order valence-electron chi connectivity index (χ0n) is 25.2. The zero-order chi connectivity index (χ0) is 31.5. The number of nitrogens with zero attached hydrogens (tertiary/aromatic N) is 6. The number of para-hydroxylation sites is 1. The van der Waals surface area contributed by atoms with Crippen LogP contribution in [0.1, 0.15) is 24.2 Å². The summed E-state index contributed by atoms with van der Waals surface area (Å²) in [6.07, 6.45) is 5.03. The number of fused-ring (bicyclic) bond motifs is 2. The molecule has 1 N–H and O–H groups in total. The third kappa shape index (κ3) is 5.59. The third-order valence-electron chi connectivity index (χ3n) is 7.65. The number of hydrogen-bond acceptors (Lipinski definition) is 9. The van der Waals surface area contributed by atoms with Crippen molar-refractivity contribution in [2.24, 2.45) is 0 Å². The minimum Gasteiger partial charge on any atom is -0.467 e. The van der Waals surface area contributed by atoms with Gasteiger partial charge in [-0.3, -0.25) is 14.3 Å². The number of methoxy groups -OCH3 is 1. The fourth-order valence-electron chi connectivity index (χ4n) is 5.46. The fourth-order valence-corrected chi connectivity index (χ4v) is 5.46. The summed E-state index contributed by atoms with van der Waals surface area (Å²) in [6, 6.07) is 31.0. The van der Waals surface area contributed by atoms with Gasteiger partial charge in [0, 0.05) is 35.5 Å². The van der Waals surface area contributed by atoms with Crippen LogP contribution in [0.2, 0.25) is 0 Å². The van der Waals surface area contributed by atoms with Gasteiger partial charge in [0.1, 0.15) is 12.1 Å². The van der Waals surface area contributed by atoms with Gasteiger partial charge in [-0.05, 0) is 53.8 Å². The summed E-state index contributed by atoms with van der Waals surface area (Å²) in [5.74, 6) is 0.498. The monoisotopic (exact) mass is 607 g/mol. The van der Waals surface area contributed by atoms with Crippen LogP contribution >= 0.6 is 0 Å². The Hall–Kier alpha value is -6.16. The smallest absolute Gasteiger partial charge is 0.319 e. The molecule has 3 aromatic carbocycles. The van der Waals surface area contributed by atoms with E-state index in [-0.39, 0.29) is 23.6 Å². The number of nitrogens with one attached hydrogen (secondary N) is 1. The van der Waals surface area contributed by atoms with Gasteiger partial charge >= 0.3 is 12.0 Å². The van der Waals surface area contributed by atoms with Crippen LogP contribution in [0.3, 0.4) is 0 Å². The first-order valence-corrected chi connectivity index (χ1v) is 14.8. The average Bonchev–Trinajstić information content (AvgIpc) is 3.11. The SMILES string of the molecule is COc1ncc(-c2cccc3cc(C(C)Nc4nc(OCc5ccccc5)nc5cccnc45)n(-c4ccccc4)c(=O)c23)cn1. The molecule has 0 radical (unpaired) electrons. The highest BCUT2D eigenvalue weighted by molar-refractivity contribution is 5.96. The molecule has 0 saturated carbocycles. The molecule has 7 aromatic rings. The lowest BCUT2D eigenvalue weighted by Gasteiger charge is -2.22. The van der Waals surface area contributed by atoms with Crippen molar-refractivity contribution in [2.75, 3.05) is 12.4 Å². The first-order valence-electron chi connectivity index (χ1n) is 14.8. The molecule has 0 amide bonds. The topological polar surface area (TPSA) is 117 Å². The molecule has 1 unspecified atom stereocenters. The van der Waals surface area contributed by atoms with Crippen molar-refractivity contribution in [1.29, 1.82) is 0 Å². The molecule has 10 heteroatoms. The molecular formula is C36H29N7O3. The molecule has 0 bridgehead atoms. The van der Waals surface area contributed by atoms with Crippen LogP contribution < -0.4 is 20.3 Å². The van der Waals surface area contributed by atoms with Gasteiger partial charge in [-0.15, -0.1) is 0 Å². The van der Waals surface area contributed by atoms with Gasteiger partial charge in [0.05, 0.1) is 24.1 Å². The van der Waals surface area contributed by atoms with Gasteiger partial charge in [-0.1, -0.05) is 66.7 Å². The van der Waals surface area contributed by atoms with E-state index in [0.717, 1.165) is 27.9 Å². The molecule has 0 saturated heterocycles. The second-order valence-electron chi connectivity index (χ2n) is 10.6. The van der Waals surface area contributed by atoms with Crippen LogP contribution in [-0.4, -0.2) is 36.6 Å². The van der Waals surface area contributed by atoms with Crippen molar-refractivity contribution < 1.29 is 9.47 Å². The Labute approximate surface area is 264 Å². The second kappa shape index (κ2) is 12.4. The van der Waals surface area contributed by atoms with Crippen molar-refractivity contribution in [2.45, 2.75) is 19.6 Å². The molecule has 0 aliphatic rings. The molecule has 226 valence electrons. The van der Waals surface area contributed by atoms with Gasteiger partial charge in [0.15, 0.2) is 5.82 Å². The predicted octanol–water partition coefficient (Wildman–Crippen LogP) is 6.55. The van der Waals surface area contributed by atoms with Crippen molar-refractivity contribution in [1.82, 2.24) is 29.5 Å². The molecule has 0 fully saturated rings. The lowest BCUT2D eigenvalue weighted by Crippen LogP contribution is -2.26. The van der Waals surface area contributed by atoms with E-state index in [1.165, 1.54) is 7.11 Å². The Bertz CT molecular complexity index is 2210. The Morgan fingerprint density at radius 1 is 0.826 bits per heavy atom. The highest BCUT2D eigenvalue weighted by atomic mass is 16.5. The van der Waals surface area contributed by atoms with E-state index in [1.807, 2.05) is 104 Å². The highest BCUT2D eigenvalue weighted by Crippen LogP contribution is 2.31. The van der Waals surface area contributed by atoms with Crippen LogP contribution in [0.4, 0.5) is 5.82 Å². The lowest BCUT2D eigenvalue weighted by atomic mass is 9.99. The lowest BCUT2D eigenvalue weighted by molar-refractivity contribution is 0.282. The van der Waals surface area contributed by atoms with E-state index in [9.17, 15) is 4.79 Å². The first kappa shape index (κ1) is 28.6. The summed E-state index contributed by atoms with van der Waals surface area (Å²) in [7, 11) is 1.51. The summed E-state index contributed by atoms with van der Waals surface area (Å²) in [5.41, 5.74) is 4.98. The zero-order valence-corrected chi connectivity index (χ0v) is 25.2. The molecule has 10 nitrogen and oxygen atoms in total. The maximum atomic E-state index is 14.5. The predicted molar refractivity (Wildman–Crippen MR) is 177 cm³/mol. The van der Waals surface area contributed by atoms with Crippen molar-refractivity contribution in [3.8, 4) is 28.8 Å². The van der Waals surface area contributed by atoms with E-state index in [4.69, 9.17) is 14.5 Å². The van der Waals surface area contributed by atoms with Gasteiger partial charge in [-0.25, -0.2) is 9.97 Å². The van der Waals surface area contributed by atoms with Gasteiger partial charge in [-0.2, -0.15) is 9.97 Å². The Morgan fingerprint density at radius 2 is 1.59 bits per heavy atom. The number of ether oxygens (including phenoxy) is 2. The largest absolute Gasteiger partial charge is 0.467 e. The Balaban J connectivity index is 1.33. The summed E-state index contributed by atoms with van der Waals surface area (Å²) in [5, 5.41) is 4.85. The summed E-state index contributed by atoms with van der Waals surface area (Å²) in [6.45, 7) is 2.31. The van der Waals surface area contributed by atoms with E-state index in [0.29, 0.717) is 34.4 Å². The summed E-state index contributed by atoms with van der Waals surface area (Å²) >= 11 is 0. The number of pyridine rings is 2. The van der Waals surface area contributed by atoms with E-state index in [1.54, 1.807) is 23.2 Å². The minimum atomic E-state index is -0.382. The summed E-state index contributed by atoms with van der Waals surface area (Å²) in [4.78, 5) is 36.9. The molecule has 4 heterocycles. The van der Waals surface area contributed by atoms with Crippen molar-refractivity contribution >= 4 is 27.6 Å². The van der Waals surface area contributed by atoms with Crippen molar-refractivity contribution in [3.05, 3.63) is 137 Å². The van der Waals surface area contributed by atoms with E-state index < -0.39 is 0 Å². The molecule has 0 spiro atoms. The van der Waals surface area contributed by atoms with Crippen LogP contribution in [0, 0.1) is 0 Å². The Morgan fingerprint density at radius 3 is 2.35 bits per heavy atom. The van der Waals surface area contributed by atoms with Crippen molar-refractivity contribution in [3.63, 3.8) is 0 Å². The maximum absolute atomic E-state index is 14.5. The molecule has 0 aliphatic carbocycles. The van der Waals surface area contributed by atoms with Gasteiger partial charge in [0.25, 0.3) is 5.56 Å². The fraction of sp³-hybridized carbons (Fsp3) is 0.111. The first-order chi connectivity index (χ1) is 22.6. The maximum Gasteiger partial charge on any atom is 0.319 e. The van der Waals surface area contributed by atoms with Crippen LogP contribution in [0.25, 0.3) is 38.6 Å². The van der Waals surface area contributed by atoms with E-state index in [2.05, 4.69) is 25.3 Å². The third-order valence-corrected chi connectivity index (χ3v) is 7.65. The van der Waals surface area contributed by atoms with Crippen LogP contribution in [-0.2, 0) is 6.61 Å². The van der Waals surface area contributed by atoms with Crippen LogP contribution in [0.15, 0.2) is 120 Å². The number of benzene rings is 3. The molecule has 0 aliphatic heterocycles. The number of aromatic nitrogens is 6. The second-order valence-corrected chi connectivity index (χ2v) is 10.6. The molecule has 4 aromatic heterocycles. The summed E-state index contributed by atoms with van der Waals surface area (Å²) < 4.78 is 12.9.